The summed E-state index contributed by atoms with van der Waals surface area (Å²) in [7, 11) is -1.79. The molecule has 0 N–H and O–H groups in total. The van der Waals surface area contributed by atoms with Crippen molar-refractivity contribution in [2.45, 2.75) is 174 Å². The van der Waals surface area contributed by atoms with E-state index in [0.29, 0.717) is 6.42 Å². The van der Waals surface area contributed by atoms with E-state index in [2.05, 4.69) is 46.7 Å². The molecule has 1 aliphatic heterocycles. The first-order valence-electron chi connectivity index (χ1n) is 14.7. The zero-order valence-corrected chi connectivity index (χ0v) is 24.9. The van der Waals surface area contributed by atoms with E-state index in [1.165, 1.54) is 102 Å². The number of ether oxygens (including phenoxy) is 1. The molecule has 2 nitrogen and oxygen atoms in total. The maximum atomic E-state index is 6.83. The quantitative estimate of drug-likeness (QED) is 0.0904. The fourth-order valence-electron chi connectivity index (χ4n) is 4.54. The Morgan fingerprint density at radius 3 is 1.74 bits per heavy atom. The summed E-state index contributed by atoms with van der Waals surface area (Å²) < 4.78 is 12.6. The van der Waals surface area contributed by atoms with E-state index in [0.717, 1.165) is 12.8 Å². The van der Waals surface area contributed by atoms with Gasteiger partial charge in [0.15, 0.2) is 8.32 Å². The summed E-state index contributed by atoms with van der Waals surface area (Å²) in [5.74, 6) is 2.76. The molecule has 0 fully saturated rings. The van der Waals surface area contributed by atoms with Gasteiger partial charge in [-0.2, -0.15) is 0 Å². The van der Waals surface area contributed by atoms with E-state index < -0.39 is 8.32 Å². The van der Waals surface area contributed by atoms with Crippen LogP contribution < -0.4 is 0 Å². The lowest BCUT2D eigenvalue weighted by molar-refractivity contribution is 0.0554. The second kappa shape index (κ2) is 17.7. The van der Waals surface area contributed by atoms with Crippen LogP contribution in [0.1, 0.15) is 143 Å². The molecule has 34 heavy (non-hydrogen) atoms. The van der Waals surface area contributed by atoms with Crippen molar-refractivity contribution in [1.29, 1.82) is 0 Å². The molecule has 198 valence electrons. The number of terminal acetylenes is 1. The summed E-state index contributed by atoms with van der Waals surface area (Å²) in [6, 6.07) is 0. The highest BCUT2D eigenvalue weighted by atomic mass is 28.4. The highest BCUT2D eigenvalue weighted by Crippen LogP contribution is 2.39. The van der Waals surface area contributed by atoms with Gasteiger partial charge in [-0.1, -0.05) is 124 Å². The fourth-order valence-corrected chi connectivity index (χ4v) is 5.94. The number of rotatable bonds is 21. The summed E-state index contributed by atoms with van der Waals surface area (Å²) in [6.07, 6.45) is 31.7. The van der Waals surface area contributed by atoms with Gasteiger partial charge in [0.25, 0.3) is 0 Å². The normalized spacial score (nSPS) is 17.0. The van der Waals surface area contributed by atoms with Crippen molar-refractivity contribution in [3.8, 4) is 12.3 Å². The van der Waals surface area contributed by atoms with Gasteiger partial charge in [-0.05, 0) is 24.6 Å². The summed E-state index contributed by atoms with van der Waals surface area (Å²) in [5.41, 5.74) is 1.27. The van der Waals surface area contributed by atoms with E-state index in [-0.39, 0.29) is 17.2 Å². The molecule has 0 aromatic rings. The molecule has 0 aliphatic carbocycles. The van der Waals surface area contributed by atoms with Gasteiger partial charge in [0.2, 0.25) is 0 Å². The smallest absolute Gasteiger partial charge is 0.192 e. The monoisotopic (exact) mass is 490 g/mol. The molecule has 1 unspecified atom stereocenters. The summed E-state index contributed by atoms with van der Waals surface area (Å²) in [4.78, 5) is 0. The van der Waals surface area contributed by atoms with Crippen molar-refractivity contribution in [2.75, 3.05) is 0 Å². The average molecular weight is 491 g/mol. The lowest BCUT2D eigenvalue weighted by atomic mass is 9.96. The Morgan fingerprint density at radius 2 is 1.35 bits per heavy atom. The molecule has 1 aliphatic rings. The predicted octanol–water partition coefficient (Wildman–Crippen LogP) is 10.3. The summed E-state index contributed by atoms with van der Waals surface area (Å²) in [5, 5.41) is 0.234. The van der Waals surface area contributed by atoms with E-state index in [1.54, 1.807) is 0 Å². The standard InChI is InChI=1S/C31H58O2Si/c1-8-10-11-12-13-14-15-16-17-18-19-20-21-22-23-25-29(33-34(6,7)31(3,4)5)26-30-28(24-9-2)27-32-30/h2,27,29-30H,8,10-26H2,1,3-7H3/t29-,30?/m1/s1. The van der Waals surface area contributed by atoms with Gasteiger partial charge in [0.05, 0.1) is 6.26 Å². The molecule has 0 amide bonds. The third-order valence-electron chi connectivity index (χ3n) is 7.98. The Hall–Kier alpha value is -0.723. The van der Waals surface area contributed by atoms with Crippen LogP contribution in [0.4, 0.5) is 0 Å². The first-order chi connectivity index (χ1) is 16.2. The van der Waals surface area contributed by atoms with E-state index in [4.69, 9.17) is 15.6 Å². The fraction of sp³-hybridized carbons (Fsp3) is 0.871. The van der Waals surface area contributed by atoms with Crippen molar-refractivity contribution >= 4 is 8.32 Å². The predicted molar refractivity (Wildman–Crippen MR) is 153 cm³/mol. The molecule has 0 aromatic heterocycles. The van der Waals surface area contributed by atoms with Gasteiger partial charge >= 0.3 is 0 Å². The van der Waals surface area contributed by atoms with Gasteiger partial charge in [0.1, 0.15) is 6.10 Å². The van der Waals surface area contributed by atoms with Crippen LogP contribution in [-0.2, 0) is 9.16 Å². The van der Waals surface area contributed by atoms with Crippen LogP contribution in [0.2, 0.25) is 18.1 Å². The van der Waals surface area contributed by atoms with E-state index in [9.17, 15) is 0 Å². The molecule has 0 saturated carbocycles. The Balaban J connectivity index is 2.17. The minimum absolute atomic E-state index is 0.169. The van der Waals surface area contributed by atoms with Crippen molar-refractivity contribution < 1.29 is 9.16 Å². The molecule has 0 bridgehead atoms. The van der Waals surface area contributed by atoms with Crippen LogP contribution in [0.5, 0.6) is 0 Å². The summed E-state index contributed by atoms with van der Waals surface area (Å²) in [6.45, 7) is 14.0. The lowest BCUT2D eigenvalue weighted by Gasteiger charge is -2.41. The largest absolute Gasteiger partial charge is 0.493 e. The third kappa shape index (κ3) is 13.4. The van der Waals surface area contributed by atoms with Crippen molar-refractivity contribution in [3.63, 3.8) is 0 Å². The van der Waals surface area contributed by atoms with E-state index >= 15 is 0 Å². The van der Waals surface area contributed by atoms with Crippen molar-refractivity contribution in [2.24, 2.45) is 0 Å². The first kappa shape index (κ1) is 31.3. The molecule has 1 rings (SSSR count). The molecule has 0 saturated heterocycles. The second-order valence-corrected chi connectivity index (χ2v) is 16.9. The number of hydrogen-bond donors (Lipinski definition) is 0. The van der Waals surface area contributed by atoms with Crippen LogP contribution in [0.3, 0.4) is 0 Å². The van der Waals surface area contributed by atoms with Crippen LogP contribution >= 0.6 is 0 Å². The Morgan fingerprint density at radius 1 is 0.882 bits per heavy atom. The van der Waals surface area contributed by atoms with Gasteiger partial charge < -0.3 is 9.16 Å². The van der Waals surface area contributed by atoms with Gasteiger partial charge in [-0.25, -0.2) is 0 Å². The van der Waals surface area contributed by atoms with E-state index in [1.807, 2.05) is 6.26 Å². The Kier molecular flexibility index (Phi) is 16.3. The number of hydrogen-bond acceptors (Lipinski definition) is 2. The zero-order chi connectivity index (χ0) is 25.3. The SMILES string of the molecule is C#CCC1=COC1C[C@@H](CCCCCCCCCCCCCCCCC)O[Si](C)(C)C(C)(C)C. The van der Waals surface area contributed by atoms with Crippen LogP contribution in [0.15, 0.2) is 11.8 Å². The highest BCUT2D eigenvalue weighted by molar-refractivity contribution is 6.74. The maximum absolute atomic E-state index is 6.83. The molecule has 1 heterocycles. The summed E-state index contributed by atoms with van der Waals surface area (Å²) >= 11 is 0. The minimum Gasteiger partial charge on any atom is -0.493 e. The van der Waals surface area contributed by atoms with Gasteiger partial charge in [-0.15, -0.1) is 12.3 Å². The topological polar surface area (TPSA) is 18.5 Å². The number of unbranched alkanes of at least 4 members (excludes halogenated alkanes) is 14. The van der Waals surface area contributed by atoms with Crippen molar-refractivity contribution in [1.82, 2.24) is 0 Å². The molecule has 2 atom stereocenters. The zero-order valence-electron chi connectivity index (χ0n) is 23.9. The molecule has 0 spiro atoms. The lowest BCUT2D eigenvalue weighted by Crippen LogP contribution is -2.45. The van der Waals surface area contributed by atoms with Crippen molar-refractivity contribution in [3.05, 3.63) is 11.8 Å². The minimum atomic E-state index is -1.79. The van der Waals surface area contributed by atoms with Crippen LogP contribution in [-0.4, -0.2) is 20.5 Å². The van der Waals surface area contributed by atoms with Crippen LogP contribution in [0, 0.1) is 12.3 Å². The molecule has 3 heteroatoms. The maximum Gasteiger partial charge on any atom is 0.192 e. The third-order valence-corrected chi connectivity index (χ3v) is 12.5. The molecule has 0 aromatic carbocycles. The first-order valence-corrected chi connectivity index (χ1v) is 17.6. The second-order valence-electron chi connectivity index (χ2n) is 12.2. The van der Waals surface area contributed by atoms with Gasteiger partial charge in [-0.3, -0.25) is 0 Å². The molecular formula is C31H58O2Si. The average Bonchev–Trinajstić information content (AvgIpc) is 2.76. The van der Waals surface area contributed by atoms with Gasteiger partial charge in [0, 0.05) is 24.5 Å². The highest BCUT2D eigenvalue weighted by Gasteiger charge is 2.40. The molecular weight excluding hydrogens is 432 g/mol. The molecule has 0 radical (unpaired) electrons. The Bertz CT molecular complexity index is 581. The Labute approximate surface area is 215 Å². The van der Waals surface area contributed by atoms with Crippen LogP contribution in [0.25, 0.3) is 0 Å².